The van der Waals surface area contributed by atoms with Gasteiger partial charge in [-0.1, -0.05) is 19.1 Å². The molecule has 0 aliphatic carbocycles. The summed E-state index contributed by atoms with van der Waals surface area (Å²) in [4.78, 5) is 4.67. The molecule has 0 spiro atoms. The van der Waals surface area contributed by atoms with Gasteiger partial charge in [0.05, 0.1) is 17.6 Å². The number of hydrogen-bond acceptors (Lipinski definition) is 2. The van der Waals surface area contributed by atoms with E-state index in [-0.39, 0.29) is 0 Å². The minimum absolute atomic E-state index is 0.814. The zero-order valence-electron chi connectivity index (χ0n) is 9.54. The number of fused-ring (bicyclic) bond motifs is 1. The Balaban J connectivity index is 2.64. The lowest BCUT2D eigenvalue weighted by Crippen LogP contribution is -2.10. The van der Waals surface area contributed by atoms with Gasteiger partial charge in [0.25, 0.3) is 0 Å². The second kappa shape index (κ2) is 4.03. The molecule has 1 aromatic carbocycles. The first-order valence-electron chi connectivity index (χ1n) is 5.35. The molecule has 0 aliphatic rings. The van der Waals surface area contributed by atoms with E-state index in [4.69, 9.17) is 0 Å². The minimum atomic E-state index is 0.814. The second-order valence-electron chi connectivity index (χ2n) is 3.76. The van der Waals surface area contributed by atoms with Crippen LogP contribution in [-0.2, 0) is 20.0 Å². The predicted molar refractivity (Wildman–Crippen MR) is 62.9 cm³/mol. The van der Waals surface area contributed by atoms with Gasteiger partial charge >= 0.3 is 0 Å². The molecular formula is C12H17N3. The molecule has 0 unspecified atom stereocenters. The summed E-state index contributed by atoms with van der Waals surface area (Å²) in [5, 5.41) is 3.14. The summed E-state index contributed by atoms with van der Waals surface area (Å²) in [5.74, 6) is 1.09. The normalized spacial score (nSPS) is 11.1. The Labute approximate surface area is 90.1 Å². The molecule has 0 saturated carbocycles. The first-order valence-corrected chi connectivity index (χ1v) is 5.35. The van der Waals surface area contributed by atoms with Crippen molar-refractivity contribution in [2.75, 3.05) is 7.05 Å². The zero-order chi connectivity index (χ0) is 10.8. The quantitative estimate of drug-likeness (QED) is 0.825. The molecule has 1 aromatic heterocycles. The van der Waals surface area contributed by atoms with Crippen LogP contribution < -0.4 is 5.32 Å². The molecule has 0 radical (unpaired) electrons. The summed E-state index contributed by atoms with van der Waals surface area (Å²) in [6, 6.07) is 6.38. The van der Waals surface area contributed by atoms with Crippen LogP contribution in [-0.4, -0.2) is 16.6 Å². The highest BCUT2D eigenvalue weighted by Crippen LogP contribution is 2.19. The highest BCUT2D eigenvalue weighted by atomic mass is 15.1. The molecular weight excluding hydrogens is 186 g/mol. The molecule has 15 heavy (non-hydrogen) atoms. The number of aryl methyl sites for hydroxylation is 2. The Morgan fingerprint density at radius 1 is 1.40 bits per heavy atom. The number of hydrogen-bond donors (Lipinski definition) is 1. The van der Waals surface area contributed by atoms with Crippen molar-refractivity contribution in [3.8, 4) is 0 Å². The molecule has 0 atom stereocenters. The SMILES string of the molecule is CCc1cccc2c1nc(CNC)n2C. The molecule has 1 N–H and O–H groups in total. The molecule has 0 fully saturated rings. The van der Waals surface area contributed by atoms with E-state index in [0.29, 0.717) is 0 Å². The van der Waals surface area contributed by atoms with Gasteiger partial charge in [0, 0.05) is 7.05 Å². The van der Waals surface area contributed by atoms with Crippen molar-refractivity contribution in [3.05, 3.63) is 29.6 Å². The van der Waals surface area contributed by atoms with Gasteiger partial charge in [-0.2, -0.15) is 0 Å². The van der Waals surface area contributed by atoms with Crippen molar-refractivity contribution in [1.29, 1.82) is 0 Å². The summed E-state index contributed by atoms with van der Waals surface area (Å²) in [7, 11) is 4.02. The highest BCUT2D eigenvalue weighted by Gasteiger charge is 2.08. The molecule has 80 valence electrons. The summed E-state index contributed by atoms with van der Waals surface area (Å²) in [5.41, 5.74) is 3.69. The van der Waals surface area contributed by atoms with Crippen LogP contribution in [0.1, 0.15) is 18.3 Å². The first kappa shape index (κ1) is 10.2. The maximum absolute atomic E-state index is 4.67. The lowest BCUT2D eigenvalue weighted by molar-refractivity contribution is 0.719. The molecule has 3 nitrogen and oxygen atoms in total. The van der Waals surface area contributed by atoms with E-state index in [1.807, 2.05) is 7.05 Å². The van der Waals surface area contributed by atoms with E-state index in [9.17, 15) is 0 Å². The largest absolute Gasteiger partial charge is 0.330 e. The maximum Gasteiger partial charge on any atom is 0.123 e. The van der Waals surface area contributed by atoms with Crippen molar-refractivity contribution >= 4 is 11.0 Å². The Morgan fingerprint density at radius 2 is 2.20 bits per heavy atom. The van der Waals surface area contributed by atoms with Gasteiger partial charge in [0.2, 0.25) is 0 Å². The van der Waals surface area contributed by atoms with Crippen molar-refractivity contribution < 1.29 is 0 Å². The van der Waals surface area contributed by atoms with Crippen LogP contribution in [0.5, 0.6) is 0 Å². The standard InChI is InChI=1S/C12H17N3/c1-4-9-6-5-7-10-12(9)14-11(8-13-2)15(10)3/h5-7,13H,4,8H2,1-3H3. The van der Waals surface area contributed by atoms with Gasteiger partial charge < -0.3 is 9.88 Å². The zero-order valence-corrected chi connectivity index (χ0v) is 9.54. The third-order valence-electron chi connectivity index (χ3n) is 2.80. The fraction of sp³-hybridized carbons (Fsp3) is 0.417. The molecule has 0 bridgehead atoms. The van der Waals surface area contributed by atoms with Crippen molar-refractivity contribution in [2.45, 2.75) is 19.9 Å². The van der Waals surface area contributed by atoms with Crippen LogP contribution in [0.2, 0.25) is 0 Å². The monoisotopic (exact) mass is 203 g/mol. The first-order chi connectivity index (χ1) is 7.27. The number of para-hydroxylation sites is 1. The van der Waals surface area contributed by atoms with Crippen LogP contribution in [0.25, 0.3) is 11.0 Å². The molecule has 2 aromatic rings. The van der Waals surface area contributed by atoms with Crippen LogP contribution in [0.4, 0.5) is 0 Å². The van der Waals surface area contributed by atoms with E-state index in [0.717, 1.165) is 24.3 Å². The Bertz CT molecular complexity index is 471. The molecule has 0 amide bonds. The average molecular weight is 203 g/mol. The lowest BCUT2D eigenvalue weighted by Gasteiger charge is -2.00. The third kappa shape index (κ3) is 1.63. The summed E-state index contributed by atoms with van der Waals surface area (Å²) < 4.78 is 2.16. The molecule has 3 heteroatoms. The van der Waals surface area contributed by atoms with Gasteiger partial charge in [-0.3, -0.25) is 0 Å². The number of rotatable bonds is 3. The Kier molecular flexibility index (Phi) is 2.73. The van der Waals surface area contributed by atoms with E-state index in [1.165, 1.54) is 11.1 Å². The van der Waals surface area contributed by atoms with Crippen LogP contribution in [0.3, 0.4) is 0 Å². The number of imidazole rings is 1. The minimum Gasteiger partial charge on any atom is -0.330 e. The van der Waals surface area contributed by atoms with Gasteiger partial charge in [-0.05, 0) is 25.1 Å². The molecule has 2 rings (SSSR count). The van der Waals surface area contributed by atoms with Crippen molar-refractivity contribution in [1.82, 2.24) is 14.9 Å². The Morgan fingerprint density at radius 3 is 2.87 bits per heavy atom. The smallest absolute Gasteiger partial charge is 0.123 e. The third-order valence-corrected chi connectivity index (χ3v) is 2.80. The van der Waals surface area contributed by atoms with E-state index in [2.05, 4.69) is 47.0 Å². The van der Waals surface area contributed by atoms with Crippen LogP contribution >= 0.6 is 0 Å². The lowest BCUT2D eigenvalue weighted by atomic mass is 10.1. The highest BCUT2D eigenvalue weighted by molar-refractivity contribution is 5.79. The Hall–Kier alpha value is -1.35. The summed E-state index contributed by atoms with van der Waals surface area (Å²) in [6.07, 6.45) is 1.04. The van der Waals surface area contributed by atoms with E-state index >= 15 is 0 Å². The van der Waals surface area contributed by atoms with Gasteiger partial charge in [-0.25, -0.2) is 4.98 Å². The van der Waals surface area contributed by atoms with Crippen molar-refractivity contribution in [2.24, 2.45) is 7.05 Å². The summed E-state index contributed by atoms with van der Waals surface area (Å²) in [6.45, 7) is 2.98. The fourth-order valence-corrected chi connectivity index (χ4v) is 1.92. The average Bonchev–Trinajstić information content (AvgIpc) is 2.57. The number of nitrogens with one attached hydrogen (secondary N) is 1. The van der Waals surface area contributed by atoms with Crippen LogP contribution in [0, 0.1) is 0 Å². The molecule has 1 heterocycles. The van der Waals surface area contributed by atoms with Gasteiger partial charge in [-0.15, -0.1) is 0 Å². The second-order valence-corrected chi connectivity index (χ2v) is 3.76. The van der Waals surface area contributed by atoms with Gasteiger partial charge in [0.1, 0.15) is 5.82 Å². The maximum atomic E-state index is 4.67. The number of aromatic nitrogens is 2. The number of nitrogens with zero attached hydrogens (tertiary/aromatic N) is 2. The van der Waals surface area contributed by atoms with Crippen molar-refractivity contribution in [3.63, 3.8) is 0 Å². The predicted octanol–water partition coefficient (Wildman–Crippen LogP) is 1.86. The van der Waals surface area contributed by atoms with Crippen LogP contribution in [0.15, 0.2) is 18.2 Å². The van der Waals surface area contributed by atoms with E-state index < -0.39 is 0 Å². The fourth-order valence-electron chi connectivity index (χ4n) is 1.92. The topological polar surface area (TPSA) is 29.9 Å². The number of benzene rings is 1. The summed E-state index contributed by atoms with van der Waals surface area (Å²) >= 11 is 0. The van der Waals surface area contributed by atoms with Gasteiger partial charge in [0.15, 0.2) is 0 Å². The van der Waals surface area contributed by atoms with E-state index in [1.54, 1.807) is 0 Å². The molecule has 0 aliphatic heterocycles. The molecule has 0 saturated heterocycles.